The number of hydrogen-bond donors (Lipinski definition) is 2. The summed E-state index contributed by atoms with van der Waals surface area (Å²) in [5, 5.41) is 4.77. The van der Waals surface area contributed by atoms with Gasteiger partial charge in [0.05, 0.1) is 5.69 Å². The average molecular weight is 220 g/mol. The second-order valence-corrected chi connectivity index (χ2v) is 3.62. The lowest BCUT2D eigenvalue weighted by molar-refractivity contribution is 0.259. The van der Waals surface area contributed by atoms with Gasteiger partial charge in [0.2, 0.25) is 0 Å². The summed E-state index contributed by atoms with van der Waals surface area (Å²) in [6.45, 7) is 0. The number of carbonyl (C=O) groups excluding carboxylic acids is 1. The number of primary amides is 1. The number of thiazole rings is 1. The van der Waals surface area contributed by atoms with E-state index in [0.29, 0.717) is 5.13 Å². The lowest BCUT2D eigenvalue weighted by Crippen LogP contribution is -2.18. The zero-order valence-electron chi connectivity index (χ0n) is 7.68. The third-order valence-electron chi connectivity index (χ3n) is 1.71. The molecule has 2 aromatic heterocycles. The topological polar surface area (TPSA) is 80.9 Å². The van der Waals surface area contributed by atoms with Crippen LogP contribution in [0, 0.1) is 0 Å². The lowest BCUT2D eigenvalue weighted by Gasteiger charge is -1.95. The Hall–Kier alpha value is -1.95. The molecule has 2 rings (SSSR count). The quantitative estimate of drug-likeness (QED) is 0.808. The van der Waals surface area contributed by atoms with Crippen LogP contribution in [0.2, 0.25) is 0 Å². The van der Waals surface area contributed by atoms with E-state index >= 15 is 0 Å². The summed E-state index contributed by atoms with van der Waals surface area (Å²) in [7, 11) is 0. The Morgan fingerprint density at radius 3 is 2.80 bits per heavy atom. The smallest absolute Gasteiger partial charge is 0.318 e. The van der Waals surface area contributed by atoms with Crippen LogP contribution in [-0.2, 0) is 0 Å². The second-order valence-electron chi connectivity index (χ2n) is 2.76. The number of pyridine rings is 1. The van der Waals surface area contributed by atoms with Gasteiger partial charge in [-0.25, -0.2) is 9.78 Å². The highest BCUT2D eigenvalue weighted by atomic mass is 32.1. The Labute approximate surface area is 90.0 Å². The number of nitrogens with two attached hydrogens (primary N) is 1. The summed E-state index contributed by atoms with van der Waals surface area (Å²) in [5.41, 5.74) is 6.73. The Kier molecular flexibility index (Phi) is 2.59. The minimum absolute atomic E-state index is 0.495. The van der Waals surface area contributed by atoms with Crippen LogP contribution in [0.1, 0.15) is 0 Å². The maximum absolute atomic E-state index is 10.6. The maximum Gasteiger partial charge on any atom is 0.318 e. The molecule has 0 atom stereocenters. The Bertz CT molecular complexity index is 468. The van der Waals surface area contributed by atoms with Crippen LogP contribution >= 0.6 is 11.3 Å². The van der Waals surface area contributed by atoms with E-state index in [2.05, 4.69) is 15.3 Å². The minimum atomic E-state index is -0.606. The SMILES string of the molecule is NC(=O)Nc1nc(-c2ccncc2)cs1. The first-order valence-electron chi connectivity index (χ1n) is 4.18. The number of nitrogens with zero attached hydrogens (tertiary/aromatic N) is 2. The van der Waals surface area contributed by atoms with Crippen molar-refractivity contribution in [3.8, 4) is 11.3 Å². The highest BCUT2D eigenvalue weighted by Gasteiger charge is 2.04. The normalized spacial score (nSPS) is 9.87. The average Bonchev–Trinajstić information content (AvgIpc) is 2.67. The molecular weight excluding hydrogens is 212 g/mol. The van der Waals surface area contributed by atoms with Crippen molar-refractivity contribution in [2.24, 2.45) is 5.73 Å². The summed E-state index contributed by atoms with van der Waals surface area (Å²) in [4.78, 5) is 18.7. The van der Waals surface area contributed by atoms with Gasteiger partial charge in [0, 0.05) is 23.3 Å². The molecule has 2 amide bonds. The molecule has 6 heteroatoms. The summed E-state index contributed by atoms with van der Waals surface area (Å²) in [6.07, 6.45) is 3.38. The molecule has 5 nitrogen and oxygen atoms in total. The van der Waals surface area contributed by atoms with Crippen LogP contribution in [0.25, 0.3) is 11.3 Å². The summed E-state index contributed by atoms with van der Waals surface area (Å²) < 4.78 is 0. The fourth-order valence-corrected chi connectivity index (χ4v) is 1.81. The van der Waals surface area contributed by atoms with Crippen molar-refractivity contribution in [1.29, 1.82) is 0 Å². The monoisotopic (exact) mass is 220 g/mol. The Morgan fingerprint density at radius 2 is 2.13 bits per heavy atom. The van der Waals surface area contributed by atoms with Crippen molar-refractivity contribution >= 4 is 22.5 Å². The third-order valence-corrected chi connectivity index (χ3v) is 2.47. The van der Waals surface area contributed by atoms with Gasteiger partial charge in [0.15, 0.2) is 5.13 Å². The molecule has 0 unspecified atom stereocenters. The van der Waals surface area contributed by atoms with Gasteiger partial charge in [-0.05, 0) is 12.1 Å². The summed E-state index contributed by atoms with van der Waals surface area (Å²) in [6, 6.07) is 3.09. The van der Waals surface area contributed by atoms with Crippen molar-refractivity contribution in [3.63, 3.8) is 0 Å². The molecule has 0 fully saturated rings. The van der Waals surface area contributed by atoms with Gasteiger partial charge in [0.1, 0.15) is 0 Å². The standard InChI is InChI=1S/C9H8N4OS/c10-8(14)13-9-12-7(5-15-9)6-1-3-11-4-2-6/h1-5H,(H3,10,12,13,14). The van der Waals surface area contributed by atoms with E-state index < -0.39 is 6.03 Å². The number of rotatable bonds is 2. The van der Waals surface area contributed by atoms with Crippen LogP contribution in [0.3, 0.4) is 0 Å². The Morgan fingerprint density at radius 1 is 1.40 bits per heavy atom. The molecule has 0 radical (unpaired) electrons. The number of urea groups is 1. The first-order valence-corrected chi connectivity index (χ1v) is 5.06. The number of hydrogen-bond acceptors (Lipinski definition) is 4. The van der Waals surface area contributed by atoms with Gasteiger partial charge in [-0.1, -0.05) is 0 Å². The zero-order valence-corrected chi connectivity index (χ0v) is 8.49. The molecule has 15 heavy (non-hydrogen) atoms. The van der Waals surface area contributed by atoms with Crippen LogP contribution in [-0.4, -0.2) is 16.0 Å². The van der Waals surface area contributed by atoms with E-state index in [0.717, 1.165) is 11.3 Å². The predicted octanol–water partition coefficient (Wildman–Crippen LogP) is 1.70. The number of amides is 2. The van der Waals surface area contributed by atoms with E-state index in [1.54, 1.807) is 12.4 Å². The van der Waals surface area contributed by atoms with Gasteiger partial charge < -0.3 is 5.73 Å². The van der Waals surface area contributed by atoms with Gasteiger partial charge in [-0.2, -0.15) is 0 Å². The lowest BCUT2D eigenvalue weighted by atomic mass is 10.2. The van der Waals surface area contributed by atoms with Gasteiger partial charge >= 0.3 is 6.03 Å². The van der Waals surface area contributed by atoms with Crippen LogP contribution in [0.15, 0.2) is 29.9 Å². The summed E-state index contributed by atoms with van der Waals surface area (Å²) in [5.74, 6) is 0. The first kappa shape index (κ1) is 9.60. The van der Waals surface area contributed by atoms with Crippen molar-refractivity contribution in [1.82, 2.24) is 9.97 Å². The van der Waals surface area contributed by atoms with E-state index in [-0.39, 0.29) is 0 Å². The molecule has 0 saturated carbocycles. The van der Waals surface area contributed by atoms with E-state index in [1.807, 2.05) is 17.5 Å². The number of carbonyl (C=O) groups is 1. The van der Waals surface area contributed by atoms with E-state index in [9.17, 15) is 4.79 Å². The van der Waals surface area contributed by atoms with E-state index in [1.165, 1.54) is 11.3 Å². The number of anilines is 1. The predicted molar refractivity (Wildman–Crippen MR) is 58.6 cm³/mol. The molecule has 2 aromatic rings. The molecule has 0 bridgehead atoms. The van der Waals surface area contributed by atoms with E-state index in [4.69, 9.17) is 5.73 Å². The Balaban J connectivity index is 2.24. The molecule has 0 aliphatic rings. The fraction of sp³-hybridized carbons (Fsp3) is 0. The van der Waals surface area contributed by atoms with Crippen LogP contribution < -0.4 is 11.1 Å². The maximum atomic E-state index is 10.6. The molecule has 0 spiro atoms. The molecule has 0 aliphatic carbocycles. The van der Waals surface area contributed by atoms with Gasteiger partial charge in [-0.3, -0.25) is 10.3 Å². The molecule has 0 saturated heterocycles. The first-order chi connectivity index (χ1) is 7.25. The highest BCUT2D eigenvalue weighted by molar-refractivity contribution is 7.14. The largest absolute Gasteiger partial charge is 0.351 e. The fourth-order valence-electron chi connectivity index (χ4n) is 1.09. The molecule has 2 heterocycles. The van der Waals surface area contributed by atoms with Crippen molar-refractivity contribution < 1.29 is 4.79 Å². The molecule has 0 aromatic carbocycles. The molecule has 3 N–H and O–H groups in total. The highest BCUT2D eigenvalue weighted by Crippen LogP contribution is 2.23. The molecular formula is C9H8N4OS. The van der Waals surface area contributed by atoms with Crippen molar-refractivity contribution in [3.05, 3.63) is 29.9 Å². The molecule has 76 valence electrons. The zero-order chi connectivity index (χ0) is 10.7. The summed E-state index contributed by atoms with van der Waals surface area (Å²) >= 11 is 1.33. The van der Waals surface area contributed by atoms with Crippen LogP contribution in [0.4, 0.5) is 9.93 Å². The molecule has 0 aliphatic heterocycles. The van der Waals surface area contributed by atoms with Crippen LogP contribution in [0.5, 0.6) is 0 Å². The second kappa shape index (κ2) is 4.05. The number of aromatic nitrogens is 2. The number of nitrogens with one attached hydrogen (secondary N) is 1. The van der Waals surface area contributed by atoms with Crippen molar-refractivity contribution in [2.45, 2.75) is 0 Å². The van der Waals surface area contributed by atoms with Gasteiger partial charge in [-0.15, -0.1) is 11.3 Å². The minimum Gasteiger partial charge on any atom is -0.351 e. The van der Waals surface area contributed by atoms with Gasteiger partial charge in [0.25, 0.3) is 0 Å². The third kappa shape index (κ3) is 2.29. The van der Waals surface area contributed by atoms with Crippen molar-refractivity contribution in [2.75, 3.05) is 5.32 Å².